The topological polar surface area (TPSA) is 80.1 Å². The molecule has 0 saturated carbocycles. The lowest BCUT2D eigenvalue weighted by molar-refractivity contribution is -0.384. The average molecular weight is 496 g/mol. The van der Waals surface area contributed by atoms with E-state index < -0.39 is 4.92 Å². The number of rotatable bonds is 26. The molecule has 0 radical (unpaired) electrons. The number of nitro benzene ring substituents is 1. The third-order valence-corrected chi connectivity index (χ3v) is 5.93. The van der Waals surface area contributed by atoms with E-state index in [0.717, 1.165) is 13.0 Å². The molecule has 1 aromatic carbocycles. The van der Waals surface area contributed by atoms with Gasteiger partial charge in [0.15, 0.2) is 0 Å². The third kappa shape index (κ3) is 20.2. The van der Waals surface area contributed by atoms with Crippen LogP contribution in [0.25, 0.3) is 0 Å². The third-order valence-electron chi connectivity index (χ3n) is 5.93. The van der Waals surface area contributed by atoms with Gasteiger partial charge in [0.2, 0.25) is 0 Å². The van der Waals surface area contributed by atoms with Gasteiger partial charge in [-0.3, -0.25) is 10.1 Å². The van der Waals surface area contributed by atoms with Crippen molar-refractivity contribution >= 4 is 5.69 Å². The predicted molar refractivity (Wildman–Crippen MR) is 141 cm³/mol. The Morgan fingerprint density at radius 3 is 1.43 bits per heavy atom. The van der Waals surface area contributed by atoms with E-state index in [1.807, 2.05) is 0 Å². The molecule has 35 heavy (non-hydrogen) atoms. The second-order valence-corrected chi connectivity index (χ2v) is 9.03. The Labute approximate surface area is 213 Å². The van der Waals surface area contributed by atoms with Crippen LogP contribution in [0.1, 0.15) is 96.8 Å². The largest absolute Gasteiger partial charge is 0.491 e. The van der Waals surface area contributed by atoms with Gasteiger partial charge < -0.3 is 18.9 Å². The maximum Gasteiger partial charge on any atom is 0.269 e. The molecule has 0 saturated heterocycles. The highest BCUT2D eigenvalue weighted by Crippen LogP contribution is 2.17. The van der Waals surface area contributed by atoms with Crippen molar-refractivity contribution in [3.63, 3.8) is 0 Å². The summed E-state index contributed by atoms with van der Waals surface area (Å²) < 4.78 is 22.1. The van der Waals surface area contributed by atoms with Crippen molar-refractivity contribution < 1.29 is 23.9 Å². The lowest BCUT2D eigenvalue weighted by Crippen LogP contribution is -2.13. The van der Waals surface area contributed by atoms with Crippen molar-refractivity contribution in [2.45, 2.75) is 96.8 Å². The van der Waals surface area contributed by atoms with Gasteiger partial charge in [0.1, 0.15) is 12.4 Å². The Balaban J connectivity index is 1.71. The molecule has 0 heterocycles. The molecule has 1 rings (SSSR count). The lowest BCUT2D eigenvalue weighted by atomic mass is 10.0. The minimum absolute atomic E-state index is 0.0503. The smallest absolute Gasteiger partial charge is 0.269 e. The summed E-state index contributed by atoms with van der Waals surface area (Å²) in [6.07, 6.45) is 19.2. The zero-order valence-corrected chi connectivity index (χ0v) is 22.1. The molecule has 0 aliphatic carbocycles. The van der Waals surface area contributed by atoms with E-state index in [0.29, 0.717) is 45.4 Å². The molecule has 7 nitrogen and oxygen atoms in total. The standard InChI is InChI=1S/C28H49NO6/c1-2-3-4-5-6-7-8-9-10-11-12-13-14-15-20-32-21-22-33-23-24-34-25-26-35-28-18-16-27(17-19-28)29(30)31/h16-19H,2-15,20-26H2,1H3. The van der Waals surface area contributed by atoms with E-state index in [4.69, 9.17) is 18.9 Å². The number of nitrogens with zero attached hydrogens (tertiary/aromatic N) is 1. The highest BCUT2D eigenvalue weighted by Gasteiger charge is 2.04. The molecule has 7 heteroatoms. The summed E-state index contributed by atoms with van der Waals surface area (Å²) in [6.45, 7) is 6.16. The summed E-state index contributed by atoms with van der Waals surface area (Å²) in [5, 5.41) is 10.6. The molecule has 0 aliphatic rings. The molecule has 202 valence electrons. The van der Waals surface area contributed by atoms with Crippen molar-refractivity contribution in [3.05, 3.63) is 34.4 Å². The zero-order chi connectivity index (χ0) is 25.2. The fraction of sp³-hybridized carbons (Fsp3) is 0.786. The quantitative estimate of drug-likeness (QED) is 0.0752. The summed E-state index contributed by atoms with van der Waals surface area (Å²) >= 11 is 0. The average Bonchev–Trinajstić information content (AvgIpc) is 2.87. The SMILES string of the molecule is CCCCCCCCCCCCCCCCOCCOCCOCCOc1ccc([N+](=O)[O-])cc1. The van der Waals surface area contributed by atoms with Gasteiger partial charge in [0.05, 0.1) is 38.0 Å². The Morgan fingerprint density at radius 1 is 0.571 bits per heavy atom. The Bertz CT molecular complexity index is 596. The molecule has 0 N–H and O–H groups in total. The summed E-state index contributed by atoms with van der Waals surface area (Å²) in [7, 11) is 0. The van der Waals surface area contributed by atoms with Crippen LogP contribution in [-0.2, 0) is 14.2 Å². The summed E-state index contributed by atoms with van der Waals surface area (Å²) in [6, 6.07) is 6.01. The first-order chi connectivity index (χ1) is 17.2. The maximum atomic E-state index is 10.6. The molecule has 0 aliphatic heterocycles. The number of hydrogen-bond acceptors (Lipinski definition) is 6. The maximum absolute atomic E-state index is 10.6. The van der Waals surface area contributed by atoms with E-state index in [2.05, 4.69) is 6.92 Å². The minimum Gasteiger partial charge on any atom is -0.491 e. The van der Waals surface area contributed by atoms with Crippen LogP contribution in [0.2, 0.25) is 0 Å². The summed E-state index contributed by atoms with van der Waals surface area (Å²) in [5.41, 5.74) is 0.0503. The number of non-ortho nitro benzene ring substituents is 1. The van der Waals surface area contributed by atoms with E-state index >= 15 is 0 Å². The van der Waals surface area contributed by atoms with Gasteiger partial charge in [0.25, 0.3) is 5.69 Å². The number of nitro groups is 1. The Morgan fingerprint density at radius 2 is 0.971 bits per heavy atom. The van der Waals surface area contributed by atoms with E-state index in [1.54, 1.807) is 12.1 Å². The van der Waals surface area contributed by atoms with Crippen LogP contribution in [0.15, 0.2) is 24.3 Å². The van der Waals surface area contributed by atoms with Gasteiger partial charge in [0, 0.05) is 18.7 Å². The summed E-state index contributed by atoms with van der Waals surface area (Å²) in [4.78, 5) is 10.2. The molecule has 0 amide bonds. The first-order valence-electron chi connectivity index (χ1n) is 13.8. The molecule has 0 unspecified atom stereocenters. The second-order valence-electron chi connectivity index (χ2n) is 9.03. The predicted octanol–water partition coefficient (Wildman–Crippen LogP) is 7.50. The molecule has 0 fully saturated rings. The first kappa shape index (κ1) is 31.3. The van der Waals surface area contributed by atoms with Crippen LogP contribution in [0.3, 0.4) is 0 Å². The molecular weight excluding hydrogens is 446 g/mol. The van der Waals surface area contributed by atoms with Crippen LogP contribution in [0.5, 0.6) is 5.75 Å². The van der Waals surface area contributed by atoms with E-state index in [-0.39, 0.29) is 5.69 Å². The fourth-order valence-electron chi connectivity index (χ4n) is 3.82. The minimum atomic E-state index is -0.432. The molecule has 0 bridgehead atoms. The second kappa shape index (κ2) is 24.0. The first-order valence-corrected chi connectivity index (χ1v) is 13.8. The van der Waals surface area contributed by atoms with Gasteiger partial charge in [-0.25, -0.2) is 0 Å². The lowest BCUT2D eigenvalue weighted by Gasteiger charge is -2.08. The van der Waals surface area contributed by atoms with E-state index in [9.17, 15) is 10.1 Å². The zero-order valence-electron chi connectivity index (χ0n) is 22.1. The highest BCUT2D eigenvalue weighted by atomic mass is 16.6. The van der Waals surface area contributed by atoms with Crippen LogP contribution in [0.4, 0.5) is 5.69 Å². The van der Waals surface area contributed by atoms with Gasteiger partial charge in [-0.2, -0.15) is 0 Å². The van der Waals surface area contributed by atoms with Gasteiger partial charge in [-0.05, 0) is 18.6 Å². The van der Waals surface area contributed by atoms with Crippen molar-refractivity contribution in [1.82, 2.24) is 0 Å². The van der Waals surface area contributed by atoms with Crippen LogP contribution < -0.4 is 4.74 Å². The van der Waals surface area contributed by atoms with Crippen LogP contribution >= 0.6 is 0 Å². The Kier molecular flexibility index (Phi) is 21.5. The molecule has 1 aromatic rings. The fourth-order valence-corrected chi connectivity index (χ4v) is 3.82. The van der Waals surface area contributed by atoms with Crippen molar-refractivity contribution in [1.29, 1.82) is 0 Å². The molecule has 0 spiro atoms. The van der Waals surface area contributed by atoms with Crippen LogP contribution in [-0.4, -0.2) is 51.2 Å². The van der Waals surface area contributed by atoms with Crippen molar-refractivity contribution in [3.8, 4) is 5.75 Å². The number of benzene rings is 1. The van der Waals surface area contributed by atoms with Gasteiger partial charge in [-0.1, -0.05) is 90.4 Å². The van der Waals surface area contributed by atoms with Crippen molar-refractivity contribution in [2.24, 2.45) is 0 Å². The molecular formula is C28H49NO6. The highest BCUT2D eigenvalue weighted by molar-refractivity contribution is 5.35. The molecule has 0 atom stereocenters. The monoisotopic (exact) mass is 495 g/mol. The number of ether oxygens (including phenoxy) is 4. The van der Waals surface area contributed by atoms with Crippen molar-refractivity contribution in [2.75, 3.05) is 46.2 Å². The number of hydrogen-bond donors (Lipinski definition) is 0. The van der Waals surface area contributed by atoms with Gasteiger partial charge >= 0.3 is 0 Å². The normalized spacial score (nSPS) is 11.1. The summed E-state index contributed by atoms with van der Waals surface area (Å²) in [5.74, 6) is 0.589. The van der Waals surface area contributed by atoms with E-state index in [1.165, 1.54) is 95.6 Å². The van der Waals surface area contributed by atoms with Gasteiger partial charge in [-0.15, -0.1) is 0 Å². The van der Waals surface area contributed by atoms with Crippen LogP contribution in [0, 0.1) is 10.1 Å². The number of unbranched alkanes of at least 4 members (excludes halogenated alkanes) is 13. The Hall–Kier alpha value is -1.70. The molecule has 0 aromatic heterocycles.